The minimum Gasteiger partial charge on any atom is -0.385 e. The molecule has 12 heavy (non-hydrogen) atoms. The van der Waals surface area contributed by atoms with Crippen LogP contribution in [0.3, 0.4) is 0 Å². The molecule has 74 valence electrons. The molecule has 0 saturated heterocycles. The van der Waals surface area contributed by atoms with E-state index >= 15 is 0 Å². The molecule has 0 aromatic rings. The van der Waals surface area contributed by atoms with Gasteiger partial charge in [0.2, 0.25) is 0 Å². The quantitative estimate of drug-likeness (QED) is 0.578. The largest absolute Gasteiger partial charge is 0.385 e. The van der Waals surface area contributed by atoms with Gasteiger partial charge in [-0.25, -0.2) is 4.72 Å². The zero-order valence-electron chi connectivity index (χ0n) is 7.70. The lowest BCUT2D eigenvalue weighted by atomic mass is 10.5. The van der Waals surface area contributed by atoms with E-state index in [-0.39, 0.29) is 0 Å². The maximum atomic E-state index is 11.1. The van der Waals surface area contributed by atoms with Gasteiger partial charge >= 0.3 is 0 Å². The summed E-state index contributed by atoms with van der Waals surface area (Å²) in [7, 11) is 1.30. The van der Waals surface area contributed by atoms with Gasteiger partial charge in [-0.15, -0.1) is 0 Å². The minimum absolute atomic E-state index is 0.411. The fourth-order valence-corrected chi connectivity index (χ4v) is 1.21. The monoisotopic (exact) mass is 196 g/mol. The summed E-state index contributed by atoms with van der Waals surface area (Å²) < 4.78 is 30.5. The second-order valence-corrected chi connectivity index (χ2v) is 4.50. The lowest BCUT2D eigenvalue weighted by Crippen LogP contribution is -2.36. The number of hydrogen-bond acceptors (Lipinski definition) is 3. The Morgan fingerprint density at radius 2 is 2.00 bits per heavy atom. The van der Waals surface area contributed by atoms with Crippen LogP contribution in [0.1, 0.15) is 6.42 Å². The molecule has 0 radical (unpaired) electrons. The summed E-state index contributed by atoms with van der Waals surface area (Å²) in [6.07, 6.45) is 0.684. The summed E-state index contributed by atoms with van der Waals surface area (Å²) in [6, 6.07) is 0. The molecule has 0 saturated carbocycles. The second-order valence-electron chi connectivity index (χ2n) is 2.53. The van der Waals surface area contributed by atoms with Crippen molar-refractivity contribution in [3.63, 3.8) is 0 Å². The lowest BCUT2D eigenvalue weighted by molar-refractivity contribution is 0.196. The highest BCUT2D eigenvalue weighted by molar-refractivity contribution is 7.87. The van der Waals surface area contributed by atoms with E-state index in [1.165, 1.54) is 14.1 Å². The highest BCUT2D eigenvalue weighted by Gasteiger charge is 2.10. The predicted octanol–water partition coefficient (Wildman–Crippen LogP) is -0.581. The molecule has 0 aromatic heterocycles. The van der Waals surface area contributed by atoms with Gasteiger partial charge < -0.3 is 4.74 Å². The summed E-state index contributed by atoms with van der Waals surface area (Å²) in [5.74, 6) is 0. The number of rotatable bonds is 6. The van der Waals surface area contributed by atoms with E-state index in [1.54, 1.807) is 7.11 Å². The first-order valence-corrected chi connectivity index (χ1v) is 5.10. The SMILES string of the molecule is COCCCNS(=O)(=O)N(C)C. The fraction of sp³-hybridized carbons (Fsp3) is 1.00. The Hall–Kier alpha value is -0.170. The van der Waals surface area contributed by atoms with Crippen LogP contribution in [0.25, 0.3) is 0 Å². The van der Waals surface area contributed by atoms with Crippen molar-refractivity contribution in [3.8, 4) is 0 Å². The topological polar surface area (TPSA) is 58.6 Å². The van der Waals surface area contributed by atoms with E-state index < -0.39 is 10.2 Å². The van der Waals surface area contributed by atoms with Crippen molar-refractivity contribution in [3.05, 3.63) is 0 Å². The highest BCUT2D eigenvalue weighted by Crippen LogP contribution is 1.88. The Morgan fingerprint density at radius 1 is 1.42 bits per heavy atom. The standard InChI is InChI=1S/C6H16N2O3S/c1-8(2)12(9,10)7-5-4-6-11-3/h7H,4-6H2,1-3H3. The third-order valence-electron chi connectivity index (χ3n) is 1.29. The molecule has 6 heteroatoms. The van der Waals surface area contributed by atoms with Crippen LogP contribution < -0.4 is 4.72 Å². The van der Waals surface area contributed by atoms with Crippen LogP contribution in [0.5, 0.6) is 0 Å². The molecule has 0 spiro atoms. The Morgan fingerprint density at radius 3 is 2.42 bits per heavy atom. The minimum atomic E-state index is -3.25. The number of methoxy groups -OCH3 is 1. The van der Waals surface area contributed by atoms with E-state index in [0.29, 0.717) is 19.6 Å². The van der Waals surface area contributed by atoms with Crippen molar-refractivity contribution >= 4 is 10.2 Å². The third-order valence-corrected chi connectivity index (χ3v) is 2.82. The van der Waals surface area contributed by atoms with Crippen LogP contribution in [0, 0.1) is 0 Å². The smallest absolute Gasteiger partial charge is 0.278 e. The molecule has 0 aliphatic carbocycles. The Labute approximate surface area is 73.9 Å². The third kappa shape index (κ3) is 4.66. The van der Waals surface area contributed by atoms with Crippen molar-refractivity contribution in [2.24, 2.45) is 0 Å². The zero-order valence-corrected chi connectivity index (χ0v) is 8.52. The van der Waals surface area contributed by atoms with Gasteiger partial charge in [0.1, 0.15) is 0 Å². The fourth-order valence-electron chi connectivity index (χ4n) is 0.547. The van der Waals surface area contributed by atoms with Crippen LogP contribution in [-0.4, -0.2) is 47.1 Å². The van der Waals surface area contributed by atoms with Gasteiger partial charge in [0, 0.05) is 34.4 Å². The Balaban J connectivity index is 3.63. The van der Waals surface area contributed by atoms with Crippen molar-refractivity contribution in [1.82, 2.24) is 9.03 Å². The molecule has 0 aliphatic heterocycles. The molecule has 0 fully saturated rings. The van der Waals surface area contributed by atoms with E-state index in [4.69, 9.17) is 4.74 Å². The van der Waals surface area contributed by atoms with Crippen LogP contribution in [0.15, 0.2) is 0 Å². The maximum Gasteiger partial charge on any atom is 0.278 e. The average Bonchev–Trinajstić information content (AvgIpc) is 1.98. The van der Waals surface area contributed by atoms with Gasteiger partial charge in [0.25, 0.3) is 10.2 Å². The highest BCUT2D eigenvalue weighted by atomic mass is 32.2. The number of hydrogen-bond donors (Lipinski definition) is 1. The molecule has 0 heterocycles. The van der Waals surface area contributed by atoms with Gasteiger partial charge in [-0.2, -0.15) is 12.7 Å². The summed E-state index contributed by atoms with van der Waals surface area (Å²) in [4.78, 5) is 0. The Bertz CT molecular complexity index is 201. The number of nitrogens with zero attached hydrogens (tertiary/aromatic N) is 1. The first-order chi connectivity index (χ1) is 5.50. The van der Waals surface area contributed by atoms with Crippen molar-refractivity contribution in [2.45, 2.75) is 6.42 Å². The van der Waals surface area contributed by atoms with E-state index in [9.17, 15) is 8.42 Å². The molecule has 0 aliphatic rings. The number of nitrogens with one attached hydrogen (secondary N) is 1. The zero-order chi connectivity index (χ0) is 9.61. The summed E-state index contributed by atoms with van der Waals surface area (Å²) in [5, 5.41) is 0. The molecule has 1 N–H and O–H groups in total. The first-order valence-electron chi connectivity index (χ1n) is 3.66. The molecular weight excluding hydrogens is 180 g/mol. The molecule has 0 aromatic carbocycles. The van der Waals surface area contributed by atoms with Crippen molar-refractivity contribution in [1.29, 1.82) is 0 Å². The molecule has 5 nitrogen and oxygen atoms in total. The Kier molecular flexibility index (Phi) is 5.39. The molecule has 0 rings (SSSR count). The summed E-state index contributed by atoms with van der Waals surface area (Å²) in [5.41, 5.74) is 0. The van der Waals surface area contributed by atoms with Gasteiger partial charge in [-0.1, -0.05) is 0 Å². The van der Waals surface area contributed by atoms with Gasteiger partial charge in [-0.05, 0) is 6.42 Å². The van der Waals surface area contributed by atoms with E-state index in [0.717, 1.165) is 4.31 Å². The molecule has 0 amide bonds. The second kappa shape index (κ2) is 5.47. The lowest BCUT2D eigenvalue weighted by Gasteiger charge is -2.11. The number of ether oxygens (including phenoxy) is 1. The molecule has 0 unspecified atom stereocenters. The van der Waals surface area contributed by atoms with Crippen molar-refractivity contribution < 1.29 is 13.2 Å². The summed E-state index contributed by atoms with van der Waals surface area (Å²) in [6.45, 7) is 0.976. The van der Waals surface area contributed by atoms with Crippen molar-refractivity contribution in [2.75, 3.05) is 34.4 Å². The predicted molar refractivity (Wildman–Crippen MR) is 47.1 cm³/mol. The molecular formula is C6H16N2O3S. The van der Waals surface area contributed by atoms with Crippen LogP contribution >= 0.6 is 0 Å². The van der Waals surface area contributed by atoms with Gasteiger partial charge in [0.05, 0.1) is 0 Å². The molecule has 0 bridgehead atoms. The average molecular weight is 196 g/mol. The normalized spacial score (nSPS) is 12.3. The van der Waals surface area contributed by atoms with E-state index in [1.807, 2.05) is 0 Å². The van der Waals surface area contributed by atoms with Gasteiger partial charge in [-0.3, -0.25) is 0 Å². The van der Waals surface area contributed by atoms with Crippen LogP contribution in [-0.2, 0) is 14.9 Å². The first kappa shape index (κ1) is 11.8. The van der Waals surface area contributed by atoms with Crippen LogP contribution in [0.2, 0.25) is 0 Å². The maximum absolute atomic E-state index is 11.1. The molecule has 0 atom stereocenters. The summed E-state index contributed by atoms with van der Waals surface area (Å²) >= 11 is 0. The van der Waals surface area contributed by atoms with E-state index in [2.05, 4.69) is 4.72 Å². The van der Waals surface area contributed by atoms with Gasteiger partial charge in [0.15, 0.2) is 0 Å². The van der Waals surface area contributed by atoms with Crippen LogP contribution in [0.4, 0.5) is 0 Å².